The molecule has 0 unspecified atom stereocenters. The molecule has 0 aliphatic carbocycles. The van der Waals surface area contributed by atoms with Gasteiger partial charge in [0.05, 0.1) is 13.0 Å². The summed E-state index contributed by atoms with van der Waals surface area (Å²) in [5.74, 6) is 2.06. The van der Waals surface area contributed by atoms with E-state index in [-0.39, 0.29) is 12.7 Å². The molecule has 1 N–H and O–H groups in total. The van der Waals surface area contributed by atoms with Gasteiger partial charge in [-0.3, -0.25) is 4.79 Å². The van der Waals surface area contributed by atoms with Crippen molar-refractivity contribution in [1.29, 1.82) is 0 Å². The van der Waals surface area contributed by atoms with Crippen molar-refractivity contribution in [2.24, 2.45) is 0 Å². The van der Waals surface area contributed by atoms with Crippen LogP contribution < -0.4 is 19.5 Å². The van der Waals surface area contributed by atoms with Crippen LogP contribution in [0.3, 0.4) is 0 Å². The number of nitrogens with one attached hydrogen (secondary N) is 1. The number of carbonyl (C=O) groups excluding carboxylic acids is 1. The third-order valence-corrected chi connectivity index (χ3v) is 3.78. The predicted molar refractivity (Wildman–Crippen MR) is 88.9 cm³/mol. The maximum atomic E-state index is 11.9. The van der Waals surface area contributed by atoms with Gasteiger partial charge in [-0.2, -0.15) is 0 Å². The Bertz CT molecular complexity index is 705. The van der Waals surface area contributed by atoms with Gasteiger partial charge in [-0.15, -0.1) is 0 Å². The van der Waals surface area contributed by atoms with Crippen LogP contribution in [0.1, 0.15) is 5.56 Å². The Morgan fingerprint density at radius 2 is 2.04 bits per heavy atom. The van der Waals surface area contributed by atoms with Crippen LogP contribution in [0.5, 0.6) is 17.2 Å². The number of hydrogen-bond donors (Lipinski definition) is 1. The highest BCUT2D eigenvalue weighted by Crippen LogP contribution is 2.34. The number of rotatable bonds is 6. The van der Waals surface area contributed by atoms with E-state index in [9.17, 15) is 4.79 Å². The largest absolute Gasteiger partial charge is 0.492 e. The fourth-order valence-corrected chi connectivity index (χ4v) is 2.67. The average molecular weight is 378 g/mol. The lowest BCUT2D eigenvalue weighted by molar-refractivity contribution is -0.120. The van der Waals surface area contributed by atoms with Crippen molar-refractivity contribution >= 4 is 21.8 Å². The molecule has 0 saturated heterocycles. The molecule has 0 saturated carbocycles. The van der Waals surface area contributed by atoms with Crippen molar-refractivity contribution in [2.75, 3.05) is 19.9 Å². The second-order valence-electron chi connectivity index (χ2n) is 5.02. The molecule has 120 valence electrons. The lowest BCUT2D eigenvalue weighted by Gasteiger charge is -2.08. The van der Waals surface area contributed by atoms with Crippen LogP contribution in [-0.2, 0) is 11.2 Å². The third-order valence-electron chi connectivity index (χ3n) is 3.29. The summed E-state index contributed by atoms with van der Waals surface area (Å²) in [6.45, 7) is 1.08. The van der Waals surface area contributed by atoms with Crippen molar-refractivity contribution in [1.82, 2.24) is 5.32 Å². The van der Waals surface area contributed by atoms with E-state index in [1.165, 1.54) is 0 Å². The Kier molecular flexibility index (Phi) is 5.02. The Morgan fingerprint density at radius 3 is 2.91 bits per heavy atom. The number of halogens is 1. The van der Waals surface area contributed by atoms with Gasteiger partial charge in [-0.1, -0.05) is 28.1 Å². The zero-order chi connectivity index (χ0) is 16.1. The van der Waals surface area contributed by atoms with Crippen molar-refractivity contribution in [3.63, 3.8) is 0 Å². The first-order valence-electron chi connectivity index (χ1n) is 7.24. The number of amides is 1. The summed E-state index contributed by atoms with van der Waals surface area (Å²) < 4.78 is 17.1. The van der Waals surface area contributed by atoms with Gasteiger partial charge in [0.2, 0.25) is 12.7 Å². The summed E-state index contributed by atoms with van der Waals surface area (Å²) in [5.41, 5.74) is 0.966. The maximum Gasteiger partial charge on any atom is 0.231 e. The highest BCUT2D eigenvalue weighted by atomic mass is 79.9. The highest BCUT2D eigenvalue weighted by Gasteiger charge is 2.13. The second kappa shape index (κ2) is 7.37. The molecule has 0 bridgehead atoms. The quantitative estimate of drug-likeness (QED) is 0.786. The number of fused-ring (bicyclic) bond motifs is 1. The summed E-state index contributed by atoms with van der Waals surface area (Å²) in [4.78, 5) is 11.9. The van der Waals surface area contributed by atoms with Gasteiger partial charge in [0.15, 0.2) is 11.5 Å². The molecule has 2 aromatic rings. The van der Waals surface area contributed by atoms with Gasteiger partial charge in [0, 0.05) is 10.5 Å². The SMILES string of the molecule is O=C(Cc1cccc(Br)c1)NCCOc1ccc2c(c1)OCO2. The Hall–Kier alpha value is -2.21. The van der Waals surface area contributed by atoms with Gasteiger partial charge in [0.1, 0.15) is 12.4 Å². The minimum absolute atomic E-state index is 0.0302. The molecule has 0 aromatic heterocycles. The standard InChI is InChI=1S/C17H16BrNO4/c18-13-3-1-2-12(8-13)9-17(20)19-6-7-21-14-4-5-15-16(10-14)23-11-22-15/h1-5,8,10H,6-7,9,11H2,(H,19,20). The Morgan fingerprint density at radius 1 is 1.17 bits per heavy atom. The summed E-state index contributed by atoms with van der Waals surface area (Å²) in [6.07, 6.45) is 0.351. The zero-order valence-corrected chi connectivity index (χ0v) is 14.0. The molecule has 0 fully saturated rings. The lowest BCUT2D eigenvalue weighted by atomic mass is 10.1. The molecular formula is C17H16BrNO4. The van der Waals surface area contributed by atoms with Gasteiger partial charge in [0.25, 0.3) is 0 Å². The molecule has 3 rings (SSSR count). The molecule has 6 heteroatoms. The molecule has 0 radical (unpaired) electrons. The van der Waals surface area contributed by atoms with E-state index in [2.05, 4.69) is 21.2 Å². The van der Waals surface area contributed by atoms with Crippen LogP contribution >= 0.6 is 15.9 Å². The summed E-state index contributed by atoms with van der Waals surface area (Å²) >= 11 is 3.39. The van der Waals surface area contributed by atoms with Crippen LogP contribution in [-0.4, -0.2) is 25.9 Å². The zero-order valence-electron chi connectivity index (χ0n) is 12.4. The molecule has 0 atom stereocenters. The first-order chi connectivity index (χ1) is 11.2. The maximum absolute atomic E-state index is 11.9. The highest BCUT2D eigenvalue weighted by molar-refractivity contribution is 9.10. The van der Waals surface area contributed by atoms with Crippen molar-refractivity contribution in [3.05, 3.63) is 52.5 Å². The van der Waals surface area contributed by atoms with Crippen molar-refractivity contribution in [3.8, 4) is 17.2 Å². The van der Waals surface area contributed by atoms with E-state index in [4.69, 9.17) is 14.2 Å². The fourth-order valence-electron chi connectivity index (χ4n) is 2.22. The summed E-state index contributed by atoms with van der Waals surface area (Å²) in [6, 6.07) is 13.1. The molecule has 2 aromatic carbocycles. The minimum atomic E-state index is -0.0302. The van der Waals surface area contributed by atoms with E-state index in [0.717, 1.165) is 15.8 Å². The topological polar surface area (TPSA) is 56.8 Å². The van der Waals surface area contributed by atoms with Gasteiger partial charge < -0.3 is 19.5 Å². The summed E-state index contributed by atoms with van der Waals surface area (Å²) in [7, 11) is 0. The van der Waals surface area contributed by atoms with Crippen LogP contribution in [0.2, 0.25) is 0 Å². The first-order valence-corrected chi connectivity index (χ1v) is 8.03. The molecule has 1 aliphatic heterocycles. The minimum Gasteiger partial charge on any atom is -0.492 e. The predicted octanol–water partition coefficient (Wildman–Crippen LogP) is 2.92. The molecule has 1 heterocycles. The number of hydrogen-bond acceptors (Lipinski definition) is 4. The normalized spacial score (nSPS) is 12.0. The van der Waals surface area contributed by atoms with Crippen LogP contribution in [0.15, 0.2) is 46.9 Å². The van der Waals surface area contributed by atoms with Gasteiger partial charge >= 0.3 is 0 Å². The van der Waals surface area contributed by atoms with Crippen molar-refractivity contribution < 1.29 is 19.0 Å². The lowest BCUT2D eigenvalue weighted by Crippen LogP contribution is -2.29. The number of ether oxygens (including phenoxy) is 3. The van der Waals surface area contributed by atoms with E-state index in [1.807, 2.05) is 36.4 Å². The molecule has 1 amide bonds. The third kappa shape index (κ3) is 4.39. The molecule has 1 aliphatic rings. The first kappa shape index (κ1) is 15.7. The molecule has 23 heavy (non-hydrogen) atoms. The second-order valence-corrected chi connectivity index (χ2v) is 5.94. The van der Waals surface area contributed by atoms with Gasteiger partial charge in [-0.25, -0.2) is 0 Å². The van der Waals surface area contributed by atoms with Crippen LogP contribution in [0, 0.1) is 0 Å². The monoisotopic (exact) mass is 377 g/mol. The summed E-state index contributed by atoms with van der Waals surface area (Å²) in [5, 5.41) is 2.84. The molecule has 0 spiro atoms. The molecule has 5 nitrogen and oxygen atoms in total. The van der Waals surface area contributed by atoms with E-state index < -0.39 is 0 Å². The Labute approximate surface area is 142 Å². The van der Waals surface area contributed by atoms with E-state index in [0.29, 0.717) is 31.1 Å². The van der Waals surface area contributed by atoms with E-state index >= 15 is 0 Å². The van der Waals surface area contributed by atoms with E-state index in [1.54, 1.807) is 6.07 Å². The van der Waals surface area contributed by atoms with Crippen molar-refractivity contribution in [2.45, 2.75) is 6.42 Å². The molecular weight excluding hydrogens is 362 g/mol. The fraction of sp³-hybridized carbons (Fsp3) is 0.235. The number of carbonyl (C=O) groups is 1. The average Bonchev–Trinajstić information content (AvgIpc) is 2.99. The smallest absolute Gasteiger partial charge is 0.231 e. The van der Waals surface area contributed by atoms with Crippen LogP contribution in [0.25, 0.3) is 0 Å². The van der Waals surface area contributed by atoms with Crippen LogP contribution in [0.4, 0.5) is 0 Å². The number of benzene rings is 2. The van der Waals surface area contributed by atoms with Gasteiger partial charge in [-0.05, 0) is 29.8 Å². The Balaban J connectivity index is 1.40.